The Morgan fingerprint density at radius 2 is 1.90 bits per heavy atom. The molecule has 4 rings (SSSR count). The molecule has 1 amide bonds. The number of aromatic nitrogens is 4. The van der Waals surface area contributed by atoms with Crippen molar-refractivity contribution in [2.45, 2.75) is 32.9 Å². The van der Waals surface area contributed by atoms with Crippen molar-refractivity contribution in [3.63, 3.8) is 0 Å². The number of nitrogens with one attached hydrogen (secondary N) is 1. The Morgan fingerprint density at radius 3 is 2.63 bits per heavy atom. The lowest BCUT2D eigenvalue weighted by molar-refractivity contribution is -0.144. The molecule has 0 saturated heterocycles. The zero-order valence-electron chi connectivity index (χ0n) is 16.2. The van der Waals surface area contributed by atoms with E-state index in [9.17, 15) is 18.0 Å². The average molecular weight is 421 g/mol. The van der Waals surface area contributed by atoms with Crippen LogP contribution in [-0.2, 0) is 17.4 Å². The van der Waals surface area contributed by atoms with Gasteiger partial charge in [-0.1, -0.05) is 0 Å². The lowest BCUT2D eigenvalue weighted by Gasteiger charge is -2.19. The van der Waals surface area contributed by atoms with E-state index in [4.69, 9.17) is 9.47 Å². The Morgan fingerprint density at radius 1 is 1.17 bits per heavy atom. The lowest BCUT2D eigenvalue weighted by atomic mass is 10.1. The number of hydrogen-bond acceptors (Lipinski definition) is 6. The predicted molar refractivity (Wildman–Crippen MR) is 99.6 cm³/mol. The molecule has 0 radical (unpaired) electrons. The first kappa shape index (κ1) is 19.9. The van der Waals surface area contributed by atoms with Crippen LogP contribution in [0.5, 0.6) is 11.5 Å². The quantitative estimate of drug-likeness (QED) is 0.696. The molecule has 30 heavy (non-hydrogen) atoms. The first-order valence-corrected chi connectivity index (χ1v) is 9.22. The number of carbonyl (C=O) groups excluding carboxylic acids is 1. The molecule has 0 saturated carbocycles. The maximum atomic E-state index is 12.9. The molecule has 3 aromatic rings. The van der Waals surface area contributed by atoms with Gasteiger partial charge in [0.1, 0.15) is 13.2 Å². The second kappa shape index (κ2) is 7.47. The van der Waals surface area contributed by atoms with E-state index >= 15 is 0 Å². The number of rotatable bonds is 4. The van der Waals surface area contributed by atoms with Crippen molar-refractivity contribution in [3.8, 4) is 11.5 Å². The van der Waals surface area contributed by atoms with Crippen molar-refractivity contribution < 1.29 is 27.4 Å². The number of hydrogen-bond donors (Lipinski definition) is 1. The summed E-state index contributed by atoms with van der Waals surface area (Å²) in [4.78, 5) is 19.9. The summed E-state index contributed by atoms with van der Waals surface area (Å²) in [5.41, 5.74) is 2.19. The van der Waals surface area contributed by atoms with Crippen LogP contribution in [-0.4, -0.2) is 38.7 Å². The minimum atomic E-state index is -4.66. The highest BCUT2D eigenvalue weighted by Gasteiger charge is 2.37. The molecule has 0 atom stereocenters. The van der Waals surface area contributed by atoms with Crippen LogP contribution in [0.1, 0.15) is 29.2 Å². The van der Waals surface area contributed by atoms with E-state index in [0.717, 1.165) is 4.52 Å². The Bertz CT molecular complexity index is 1130. The third kappa shape index (κ3) is 3.87. The normalized spacial score (nSPS) is 13.5. The molecule has 8 nitrogen and oxygen atoms in total. The number of carbonyl (C=O) groups is 1. The maximum absolute atomic E-state index is 12.9. The predicted octanol–water partition coefficient (Wildman–Crippen LogP) is 3.10. The number of aryl methyl sites for hydroxylation is 2. The Balaban J connectivity index is 1.48. The van der Waals surface area contributed by atoms with E-state index in [2.05, 4.69) is 20.4 Å². The molecule has 1 aliphatic heterocycles. The maximum Gasteiger partial charge on any atom is 0.453 e. The third-order valence-electron chi connectivity index (χ3n) is 4.73. The highest BCUT2D eigenvalue weighted by atomic mass is 19.4. The standard InChI is InChI=1S/C19H18F3N5O3/c1-10-13(11(2)27-18(23-10)25-17(26-27)19(20,21)22)4-6-16(28)24-12-3-5-14-15(9-12)30-8-7-29-14/h3,5,9H,4,6-8H2,1-2H3,(H,24,28). The van der Waals surface area contributed by atoms with Crippen LogP contribution in [0.25, 0.3) is 5.78 Å². The van der Waals surface area contributed by atoms with Crippen LogP contribution in [0, 0.1) is 13.8 Å². The minimum absolute atomic E-state index is 0.115. The molecule has 1 N–H and O–H groups in total. The Hall–Kier alpha value is -3.37. The largest absolute Gasteiger partial charge is 0.486 e. The van der Waals surface area contributed by atoms with Crippen molar-refractivity contribution in [1.29, 1.82) is 0 Å². The summed E-state index contributed by atoms with van der Waals surface area (Å²) < 4.78 is 50.7. The van der Waals surface area contributed by atoms with Crippen LogP contribution >= 0.6 is 0 Å². The van der Waals surface area contributed by atoms with E-state index < -0.39 is 12.0 Å². The summed E-state index contributed by atoms with van der Waals surface area (Å²) in [5, 5.41) is 6.30. The zero-order valence-corrected chi connectivity index (χ0v) is 16.2. The van der Waals surface area contributed by atoms with Gasteiger partial charge in [-0.15, -0.1) is 5.10 Å². The molecule has 158 valence electrons. The third-order valence-corrected chi connectivity index (χ3v) is 4.73. The Kier molecular flexibility index (Phi) is 4.96. The number of anilines is 1. The van der Waals surface area contributed by atoms with E-state index in [0.29, 0.717) is 47.4 Å². The van der Waals surface area contributed by atoms with Crippen LogP contribution in [0.15, 0.2) is 18.2 Å². The second-order valence-corrected chi connectivity index (χ2v) is 6.81. The topological polar surface area (TPSA) is 90.6 Å². The van der Waals surface area contributed by atoms with E-state index in [1.807, 2.05) is 0 Å². The highest BCUT2D eigenvalue weighted by Crippen LogP contribution is 2.32. The van der Waals surface area contributed by atoms with Gasteiger partial charge in [0.25, 0.3) is 11.6 Å². The van der Waals surface area contributed by atoms with Gasteiger partial charge in [-0.25, -0.2) is 9.50 Å². The van der Waals surface area contributed by atoms with Gasteiger partial charge in [-0.05, 0) is 38.0 Å². The molecule has 0 unspecified atom stereocenters. The summed E-state index contributed by atoms with van der Waals surface area (Å²) in [6.45, 7) is 4.22. The van der Waals surface area contributed by atoms with Crippen molar-refractivity contribution >= 4 is 17.4 Å². The molecule has 0 bridgehead atoms. The molecule has 1 aromatic carbocycles. The fourth-order valence-corrected chi connectivity index (χ4v) is 3.27. The van der Waals surface area contributed by atoms with Crippen molar-refractivity contribution in [3.05, 3.63) is 41.0 Å². The van der Waals surface area contributed by atoms with Gasteiger partial charge in [0.05, 0.1) is 0 Å². The van der Waals surface area contributed by atoms with Crippen LogP contribution in [0.2, 0.25) is 0 Å². The number of fused-ring (bicyclic) bond motifs is 2. The number of halogens is 3. The highest BCUT2D eigenvalue weighted by molar-refractivity contribution is 5.91. The fourth-order valence-electron chi connectivity index (χ4n) is 3.27. The summed E-state index contributed by atoms with van der Waals surface area (Å²) in [5.74, 6) is -0.434. The number of nitrogens with zero attached hydrogens (tertiary/aromatic N) is 4. The van der Waals surface area contributed by atoms with Crippen LogP contribution < -0.4 is 14.8 Å². The fraction of sp³-hybridized carbons (Fsp3) is 0.368. The first-order valence-electron chi connectivity index (χ1n) is 9.22. The van der Waals surface area contributed by atoms with Gasteiger partial charge < -0.3 is 14.8 Å². The van der Waals surface area contributed by atoms with Gasteiger partial charge in [-0.3, -0.25) is 4.79 Å². The smallest absolute Gasteiger partial charge is 0.453 e. The molecule has 3 heterocycles. The van der Waals surface area contributed by atoms with Gasteiger partial charge in [-0.2, -0.15) is 18.2 Å². The van der Waals surface area contributed by atoms with Crippen LogP contribution in [0.3, 0.4) is 0 Å². The van der Waals surface area contributed by atoms with Crippen LogP contribution in [0.4, 0.5) is 18.9 Å². The van der Waals surface area contributed by atoms with Gasteiger partial charge >= 0.3 is 6.18 Å². The molecular formula is C19H18F3N5O3. The van der Waals surface area contributed by atoms with E-state index in [1.165, 1.54) is 0 Å². The van der Waals surface area contributed by atoms with Crippen molar-refractivity contribution in [2.75, 3.05) is 18.5 Å². The average Bonchev–Trinajstić information content (AvgIpc) is 3.12. The molecule has 2 aromatic heterocycles. The Labute approximate surface area is 169 Å². The second-order valence-electron chi connectivity index (χ2n) is 6.81. The molecule has 11 heteroatoms. The molecule has 1 aliphatic rings. The molecule has 0 fully saturated rings. The SMILES string of the molecule is Cc1nc2nc(C(F)(F)F)nn2c(C)c1CCC(=O)Nc1ccc2c(c1)OCCO2. The number of alkyl halides is 3. The summed E-state index contributed by atoms with van der Waals surface area (Å²) in [7, 11) is 0. The summed E-state index contributed by atoms with van der Waals surface area (Å²) in [6, 6.07) is 5.12. The summed E-state index contributed by atoms with van der Waals surface area (Å²) in [6.07, 6.45) is -4.25. The van der Waals surface area contributed by atoms with E-state index in [-0.39, 0.29) is 24.5 Å². The molecular weight excluding hydrogens is 403 g/mol. The monoisotopic (exact) mass is 421 g/mol. The van der Waals surface area contributed by atoms with Crippen molar-refractivity contribution in [1.82, 2.24) is 19.6 Å². The number of amides is 1. The van der Waals surface area contributed by atoms with Gasteiger partial charge in [0.2, 0.25) is 5.91 Å². The van der Waals surface area contributed by atoms with Crippen molar-refractivity contribution in [2.24, 2.45) is 0 Å². The first-order chi connectivity index (χ1) is 14.2. The zero-order chi connectivity index (χ0) is 21.5. The lowest BCUT2D eigenvalue weighted by Crippen LogP contribution is -2.17. The summed E-state index contributed by atoms with van der Waals surface area (Å²) >= 11 is 0. The minimum Gasteiger partial charge on any atom is -0.486 e. The van der Waals surface area contributed by atoms with Gasteiger partial charge in [0, 0.05) is 29.6 Å². The number of benzene rings is 1. The van der Waals surface area contributed by atoms with Gasteiger partial charge in [0.15, 0.2) is 11.5 Å². The number of ether oxygens (including phenoxy) is 2. The molecule has 0 spiro atoms. The molecule has 0 aliphatic carbocycles. The van der Waals surface area contributed by atoms with E-state index in [1.54, 1.807) is 32.0 Å².